The molecule has 3 aromatic carbocycles. The molecule has 1 aromatic heterocycles. The number of para-hydroxylation sites is 1. The van der Waals surface area contributed by atoms with Gasteiger partial charge in [0, 0.05) is 24.4 Å². The van der Waals surface area contributed by atoms with Crippen LogP contribution in [0.3, 0.4) is 0 Å². The van der Waals surface area contributed by atoms with E-state index in [1.54, 1.807) is 4.68 Å². The highest BCUT2D eigenvalue weighted by atomic mass is 16.2. The highest BCUT2D eigenvalue weighted by molar-refractivity contribution is 5.97. The number of nitrogens with one attached hydrogen (secondary N) is 2. The summed E-state index contributed by atoms with van der Waals surface area (Å²) in [4.78, 5) is 25.5. The van der Waals surface area contributed by atoms with Crippen molar-refractivity contribution in [1.82, 2.24) is 15.1 Å². The molecule has 6 nitrogen and oxygen atoms in total. The smallest absolute Gasteiger partial charge is 0.226 e. The number of nitrogens with zero attached hydrogens (tertiary/aromatic N) is 2. The van der Waals surface area contributed by atoms with E-state index in [-0.39, 0.29) is 30.7 Å². The summed E-state index contributed by atoms with van der Waals surface area (Å²) in [6.45, 7) is 3.93. The van der Waals surface area contributed by atoms with E-state index in [9.17, 15) is 9.59 Å². The number of hydrogen-bond acceptors (Lipinski definition) is 3. The van der Waals surface area contributed by atoms with Crippen LogP contribution in [0.25, 0.3) is 16.8 Å². The molecule has 2 N–H and O–H groups in total. The number of carbonyl (C=O) groups is 2. The van der Waals surface area contributed by atoms with Gasteiger partial charge in [0.25, 0.3) is 0 Å². The number of rotatable bonds is 10. The van der Waals surface area contributed by atoms with Crippen LogP contribution < -0.4 is 10.6 Å². The lowest BCUT2D eigenvalue weighted by atomic mass is 10.1. The lowest BCUT2D eigenvalue weighted by Crippen LogP contribution is -2.33. The Hall–Kier alpha value is -4.19. The lowest BCUT2D eigenvalue weighted by Gasteiger charge is -2.14. The van der Waals surface area contributed by atoms with Crippen molar-refractivity contribution in [2.75, 3.05) is 5.32 Å². The number of anilines is 1. The van der Waals surface area contributed by atoms with E-state index in [4.69, 9.17) is 5.10 Å². The molecule has 1 heterocycles. The summed E-state index contributed by atoms with van der Waals surface area (Å²) in [5.41, 5.74) is 4.75. The number of amides is 2. The molecule has 4 rings (SSSR count). The summed E-state index contributed by atoms with van der Waals surface area (Å²) in [6, 6.07) is 29.8. The Morgan fingerprint density at radius 2 is 1.42 bits per heavy atom. The maximum absolute atomic E-state index is 13.0. The van der Waals surface area contributed by atoms with Gasteiger partial charge in [0.15, 0.2) is 0 Å². The van der Waals surface area contributed by atoms with Gasteiger partial charge in [-0.1, -0.05) is 78.9 Å². The number of hydrogen-bond donors (Lipinski definition) is 2. The summed E-state index contributed by atoms with van der Waals surface area (Å²) in [5.74, 6) is 0.254. The third-order valence-electron chi connectivity index (χ3n) is 6.08. The predicted octanol–water partition coefficient (Wildman–Crippen LogP) is 5.70. The maximum atomic E-state index is 13.0. The van der Waals surface area contributed by atoms with Crippen LogP contribution in [-0.4, -0.2) is 27.6 Å². The average Bonchev–Trinajstić information content (AvgIpc) is 3.23. The van der Waals surface area contributed by atoms with Crippen LogP contribution in [-0.2, 0) is 16.0 Å². The Morgan fingerprint density at radius 1 is 0.833 bits per heavy atom. The third-order valence-corrected chi connectivity index (χ3v) is 6.08. The number of aromatic nitrogens is 2. The molecule has 0 bridgehead atoms. The molecule has 0 spiro atoms. The Balaban J connectivity index is 1.40. The number of benzene rings is 3. The van der Waals surface area contributed by atoms with E-state index in [2.05, 4.69) is 22.8 Å². The first kappa shape index (κ1) is 24.9. The van der Waals surface area contributed by atoms with Gasteiger partial charge in [-0.05, 0) is 49.9 Å². The number of aryl methyl sites for hydroxylation is 2. The van der Waals surface area contributed by atoms with E-state index in [1.165, 1.54) is 5.56 Å². The third kappa shape index (κ3) is 6.48. The summed E-state index contributed by atoms with van der Waals surface area (Å²) >= 11 is 0. The van der Waals surface area contributed by atoms with Crippen LogP contribution in [0.1, 0.15) is 37.4 Å². The van der Waals surface area contributed by atoms with Crippen LogP contribution in [0, 0.1) is 6.92 Å². The van der Waals surface area contributed by atoms with Gasteiger partial charge in [0.1, 0.15) is 5.82 Å². The minimum absolute atomic E-state index is 0.0348. The van der Waals surface area contributed by atoms with Crippen molar-refractivity contribution >= 4 is 17.6 Å². The van der Waals surface area contributed by atoms with Crippen molar-refractivity contribution < 1.29 is 9.59 Å². The summed E-state index contributed by atoms with van der Waals surface area (Å²) in [7, 11) is 0. The van der Waals surface area contributed by atoms with Crippen LogP contribution in [0.4, 0.5) is 5.82 Å². The molecule has 0 unspecified atom stereocenters. The second kappa shape index (κ2) is 12.0. The topological polar surface area (TPSA) is 76.0 Å². The largest absolute Gasteiger partial charge is 0.354 e. The van der Waals surface area contributed by atoms with Gasteiger partial charge in [-0.25, -0.2) is 4.68 Å². The second-order valence-electron chi connectivity index (χ2n) is 8.96. The molecule has 0 fully saturated rings. The molecular formula is C30H32N4O2. The Labute approximate surface area is 212 Å². The molecule has 0 aliphatic carbocycles. The van der Waals surface area contributed by atoms with Gasteiger partial charge in [0.2, 0.25) is 11.8 Å². The normalized spacial score (nSPS) is 11.6. The summed E-state index contributed by atoms with van der Waals surface area (Å²) in [5, 5.41) is 10.8. The van der Waals surface area contributed by atoms with Crippen molar-refractivity contribution in [3.63, 3.8) is 0 Å². The molecule has 36 heavy (non-hydrogen) atoms. The average molecular weight is 481 g/mol. The van der Waals surface area contributed by atoms with Gasteiger partial charge in [-0.3, -0.25) is 9.59 Å². The molecule has 1 atom stereocenters. The standard InChI is InChI=1S/C30H32N4O2/c1-22(18-19-24-12-6-3-7-13-24)31-27(35)20-21-28(36)32-30-29(25-14-8-4-9-15-25)23(2)33-34(30)26-16-10-5-11-17-26/h3-17,22H,18-21H2,1-2H3,(H,31,35)(H,32,36)/t22-/m0/s1. The Morgan fingerprint density at radius 3 is 2.08 bits per heavy atom. The molecule has 0 radical (unpaired) electrons. The van der Waals surface area contributed by atoms with Crippen molar-refractivity contribution in [3.05, 3.63) is 102 Å². The van der Waals surface area contributed by atoms with E-state index in [0.717, 1.165) is 35.3 Å². The quantitative estimate of drug-likeness (QED) is 0.306. The highest BCUT2D eigenvalue weighted by Crippen LogP contribution is 2.33. The zero-order valence-corrected chi connectivity index (χ0v) is 20.8. The first-order valence-corrected chi connectivity index (χ1v) is 12.3. The molecular weight excluding hydrogens is 448 g/mol. The van der Waals surface area contributed by atoms with E-state index in [1.807, 2.05) is 92.7 Å². The molecule has 0 saturated heterocycles. The van der Waals surface area contributed by atoms with Crippen LogP contribution in [0.2, 0.25) is 0 Å². The van der Waals surface area contributed by atoms with Gasteiger partial charge in [-0.2, -0.15) is 5.10 Å². The molecule has 2 amide bonds. The lowest BCUT2D eigenvalue weighted by molar-refractivity contribution is -0.124. The first-order valence-electron chi connectivity index (χ1n) is 12.3. The van der Waals surface area contributed by atoms with E-state index >= 15 is 0 Å². The zero-order chi connectivity index (χ0) is 25.3. The maximum Gasteiger partial charge on any atom is 0.226 e. The molecule has 6 heteroatoms. The number of carbonyl (C=O) groups excluding carboxylic acids is 2. The molecule has 184 valence electrons. The molecule has 4 aromatic rings. The zero-order valence-electron chi connectivity index (χ0n) is 20.8. The van der Waals surface area contributed by atoms with Crippen molar-refractivity contribution in [3.8, 4) is 16.8 Å². The fourth-order valence-corrected chi connectivity index (χ4v) is 4.22. The van der Waals surface area contributed by atoms with Crippen LogP contribution in [0.15, 0.2) is 91.0 Å². The van der Waals surface area contributed by atoms with Crippen molar-refractivity contribution in [2.24, 2.45) is 0 Å². The summed E-state index contributed by atoms with van der Waals surface area (Å²) in [6.07, 6.45) is 1.96. The van der Waals surface area contributed by atoms with E-state index < -0.39 is 0 Å². The first-order chi connectivity index (χ1) is 17.5. The Kier molecular flexibility index (Phi) is 8.29. The van der Waals surface area contributed by atoms with Gasteiger partial charge in [-0.15, -0.1) is 0 Å². The van der Waals surface area contributed by atoms with Crippen LogP contribution in [0.5, 0.6) is 0 Å². The predicted molar refractivity (Wildman–Crippen MR) is 144 cm³/mol. The molecule has 0 aliphatic rings. The van der Waals surface area contributed by atoms with Gasteiger partial charge in [0.05, 0.1) is 11.4 Å². The van der Waals surface area contributed by atoms with Gasteiger partial charge < -0.3 is 10.6 Å². The van der Waals surface area contributed by atoms with Gasteiger partial charge >= 0.3 is 0 Å². The minimum Gasteiger partial charge on any atom is -0.354 e. The fourth-order valence-electron chi connectivity index (χ4n) is 4.22. The fraction of sp³-hybridized carbons (Fsp3) is 0.233. The monoisotopic (exact) mass is 480 g/mol. The highest BCUT2D eigenvalue weighted by Gasteiger charge is 2.20. The van der Waals surface area contributed by atoms with Crippen molar-refractivity contribution in [2.45, 2.75) is 45.6 Å². The minimum atomic E-state index is -0.226. The second-order valence-corrected chi connectivity index (χ2v) is 8.96. The van der Waals surface area contributed by atoms with Crippen molar-refractivity contribution in [1.29, 1.82) is 0 Å². The molecule has 0 saturated carbocycles. The summed E-state index contributed by atoms with van der Waals surface area (Å²) < 4.78 is 1.75. The molecule has 0 aliphatic heterocycles. The SMILES string of the molecule is Cc1nn(-c2ccccc2)c(NC(=O)CCC(=O)N[C@@H](C)CCc2ccccc2)c1-c1ccccc1. The van der Waals surface area contributed by atoms with E-state index in [0.29, 0.717) is 5.82 Å². The Bertz CT molecular complexity index is 1280. The van der Waals surface area contributed by atoms with Crippen LogP contribution >= 0.6 is 0 Å².